The van der Waals surface area contributed by atoms with Gasteiger partial charge in [-0.25, -0.2) is 17.2 Å². The fourth-order valence-electron chi connectivity index (χ4n) is 2.11. The Labute approximate surface area is 104 Å². The lowest BCUT2D eigenvalue weighted by molar-refractivity contribution is -0.121. The van der Waals surface area contributed by atoms with Gasteiger partial charge < -0.3 is 0 Å². The molecule has 0 bridgehead atoms. The van der Waals surface area contributed by atoms with Crippen molar-refractivity contribution in [1.29, 1.82) is 0 Å². The van der Waals surface area contributed by atoms with Gasteiger partial charge in [0.1, 0.15) is 17.4 Å². The maximum atomic E-state index is 12.9. The van der Waals surface area contributed by atoms with Crippen molar-refractivity contribution in [3.8, 4) is 0 Å². The number of ketones is 1. The minimum atomic E-state index is -3.12. The predicted molar refractivity (Wildman–Crippen MR) is 61.8 cm³/mol. The highest BCUT2D eigenvalue weighted by Crippen LogP contribution is 2.21. The van der Waals surface area contributed by atoms with Gasteiger partial charge in [-0.2, -0.15) is 0 Å². The first-order valence-corrected chi connectivity index (χ1v) is 7.36. The Balaban J connectivity index is 2.08. The van der Waals surface area contributed by atoms with Crippen LogP contribution in [0.1, 0.15) is 12.0 Å². The molecular weight excluding hydrogens is 262 g/mol. The van der Waals surface area contributed by atoms with Crippen molar-refractivity contribution in [2.45, 2.75) is 12.8 Å². The quantitative estimate of drug-likeness (QED) is 0.839. The fourth-order valence-corrected chi connectivity index (χ4v) is 3.88. The zero-order valence-electron chi connectivity index (χ0n) is 9.53. The van der Waals surface area contributed by atoms with Gasteiger partial charge in [0.05, 0.1) is 11.5 Å². The third-order valence-electron chi connectivity index (χ3n) is 2.99. The molecule has 1 aliphatic heterocycles. The molecule has 1 atom stereocenters. The van der Waals surface area contributed by atoms with Crippen molar-refractivity contribution in [3.05, 3.63) is 35.4 Å². The number of benzene rings is 1. The number of sulfone groups is 1. The molecule has 1 fully saturated rings. The summed E-state index contributed by atoms with van der Waals surface area (Å²) in [5, 5.41) is 0. The molecule has 0 N–H and O–H groups in total. The minimum Gasteiger partial charge on any atom is -0.299 e. The Kier molecular flexibility index (Phi) is 3.47. The molecule has 0 saturated carbocycles. The van der Waals surface area contributed by atoms with Crippen LogP contribution in [0.5, 0.6) is 0 Å². The number of rotatable bonds is 3. The second-order valence-electron chi connectivity index (χ2n) is 4.52. The van der Waals surface area contributed by atoms with E-state index in [0.29, 0.717) is 6.42 Å². The predicted octanol–water partition coefficient (Wildman–Crippen LogP) is 1.51. The molecule has 1 aromatic rings. The average molecular weight is 274 g/mol. The van der Waals surface area contributed by atoms with Gasteiger partial charge in [0.2, 0.25) is 0 Å². The summed E-state index contributed by atoms with van der Waals surface area (Å²) in [6, 6.07) is 2.91. The summed E-state index contributed by atoms with van der Waals surface area (Å²) in [5.41, 5.74) is 0.238. The fraction of sp³-hybridized carbons (Fsp3) is 0.417. The summed E-state index contributed by atoms with van der Waals surface area (Å²) < 4.78 is 48.3. The summed E-state index contributed by atoms with van der Waals surface area (Å²) in [6.07, 6.45) is 0.174. The van der Waals surface area contributed by atoms with Crippen LogP contribution in [0.4, 0.5) is 8.78 Å². The normalized spacial score (nSPS) is 22.0. The number of halogens is 2. The van der Waals surface area contributed by atoms with Gasteiger partial charge in [-0.05, 0) is 24.1 Å². The smallest absolute Gasteiger partial charge is 0.151 e. The second kappa shape index (κ2) is 4.76. The number of hydrogen-bond donors (Lipinski definition) is 0. The molecule has 3 nitrogen and oxygen atoms in total. The minimum absolute atomic E-state index is 0.0148. The average Bonchev–Trinajstić information content (AvgIpc) is 2.57. The summed E-state index contributed by atoms with van der Waals surface area (Å²) in [6.45, 7) is 0. The van der Waals surface area contributed by atoms with Crippen LogP contribution >= 0.6 is 0 Å². The van der Waals surface area contributed by atoms with Crippen molar-refractivity contribution in [1.82, 2.24) is 0 Å². The van der Waals surface area contributed by atoms with Crippen LogP contribution in [-0.2, 0) is 21.1 Å². The highest BCUT2D eigenvalue weighted by molar-refractivity contribution is 7.91. The van der Waals surface area contributed by atoms with Gasteiger partial charge in [-0.15, -0.1) is 0 Å². The Morgan fingerprint density at radius 2 is 1.83 bits per heavy atom. The largest absolute Gasteiger partial charge is 0.299 e. The molecule has 1 saturated heterocycles. The van der Waals surface area contributed by atoms with E-state index in [4.69, 9.17) is 0 Å². The van der Waals surface area contributed by atoms with Crippen LogP contribution in [-0.4, -0.2) is 25.7 Å². The SMILES string of the molecule is O=C(Cc1cc(F)cc(F)c1)C1CCS(=O)(=O)C1. The maximum absolute atomic E-state index is 12.9. The van der Waals surface area contributed by atoms with Crippen molar-refractivity contribution < 1.29 is 22.0 Å². The zero-order chi connectivity index (χ0) is 13.3. The Morgan fingerprint density at radius 3 is 2.33 bits per heavy atom. The molecule has 1 unspecified atom stereocenters. The van der Waals surface area contributed by atoms with Gasteiger partial charge >= 0.3 is 0 Å². The first-order valence-electron chi connectivity index (χ1n) is 5.54. The van der Waals surface area contributed by atoms with Gasteiger partial charge in [0.15, 0.2) is 9.84 Å². The Morgan fingerprint density at radius 1 is 1.22 bits per heavy atom. The van der Waals surface area contributed by atoms with E-state index in [1.54, 1.807) is 0 Å². The van der Waals surface area contributed by atoms with Crippen LogP contribution in [0, 0.1) is 17.6 Å². The third kappa shape index (κ3) is 3.13. The van der Waals surface area contributed by atoms with Crippen molar-refractivity contribution >= 4 is 15.6 Å². The Bertz CT molecular complexity index is 561. The molecule has 0 aliphatic carbocycles. The summed E-state index contributed by atoms with van der Waals surface area (Å²) in [5.74, 6) is -2.43. The van der Waals surface area contributed by atoms with Gasteiger partial charge in [0, 0.05) is 18.4 Å². The third-order valence-corrected chi connectivity index (χ3v) is 4.76. The first kappa shape index (κ1) is 13.1. The standard InChI is InChI=1S/C12H12F2O3S/c13-10-3-8(4-11(14)6-10)5-12(15)9-1-2-18(16,17)7-9/h3-4,6,9H,1-2,5,7H2. The molecule has 1 aliphatic rings. The first-order chi connectivity index (χ1) is 8.35. The molecule has 0 radical (unpaired) electrons. The topological polar surface area (TPSA) is 51.2 Å². The van der Waals surface area contributed by atoms with E-state index in [2.05, 4.69) is 0 Å². The van der Waals surface area contributed by atoms with E-state index in [1.165, 1.54) is 0 Å². The molecule has 2 rings (SSSR count). The second-order valence-corrected chi connectivity index (χ2v) is 6.75. The number of carbonyl (C=O) groups excluding carboxylic acids is 1. The van der Waals surface area contributed by atoms with E-state index in [-0.39, 0.29) is 29.3 Å². The van der Waals surface area contributed by atoms with Gasteiger partial charge in [0.25, 0.3) is 0 Å². The van der Waals surface area contributed by atoms with Crippen LogP contribution in [0.3, 0.4) is 0 Å². The van der Waals surface area contributed by atoms with Crippen molar-refractivity contribution in [2.24, 2.45) is 5.92 Å². The molecule has 18 heavy (non-hydrogen) atoms. The number of carbonyl (C=O) groups is 1. The van der Waals surface area contributed by atoms with E-state index in [1.807, 2.05) is 0 Å². The summed E-state index contributed by atoms with van der Waals surface area (Å²) >= 11 is 0. The maximum Gasteiger partial charge on any atom is 0.151 e. The summed E-state index contributed by atoms with van der Waals surface area (Å²) in [4.78, 5) is 11.8. The highest BCUT2D eigenvalue weighted by atomic mass is 32.2. The molecule has 0 aromatic heterocycles. The van der Waals surface area contributed by atoms with Crippen LogP contribution in [0.15, 0.2) is 18.2 Å². The summed E-state index contributed by atoms with van der Waals surface area (Å²) in [7, 11) is -3.12. The van der Waals surface area contributed by atoms with E-state index >= 15 is 0 Å². The van der Waals surface area contributed by atoms with E-state index < -0.39 is 27.4 Å². The Hall–Kier alpha value is -1.30. The lowest BCUT2D eigenvalue weighted by atomic mass is 9.97. The van der Waals surface area contributed by atoms with Crippen LogP contribution in [0.2, 0.25) is 0 Å². The molecule has 6 heteroatoms. The van der Waals surface area contributed by atoms with Crippen molar-refractivity contribution in [2.75, 3.05) is 11.5 Å². The lowest BCUT2D eigenvalue weighted by Crippen LogP contribution is -2.18. The highest BCUT2D eigenvalue weighted by Gasteiger charge is 2.32. The number of hydrogen-bond acceptors (Lipinski definition) is 3. The molecule has 98 valence electrons. The lowest BCUT2D eigenvalue weighted by Gasteiger charge is -2.06. The van der Waals surface area contributed by atoms with Gasteiger partial charge in [-0.3, -0.25) is 4.79 Å². The molecule has 0 amide bonds. The number of Topliss-reactive ketones (excluding diaryl/α,β-unsaturated/α-hetero) is 1. The van der Waals surface area contributed by atoms with Crippen LogP contribution in [0.25, 0.3) is 0 Å². The zero-order valence-corrected chi connectivity index (χ0v) is 10.3. The molecular formula is C12H12F2O3S. The van der Waals surface area contributed by atoms with E-state index in [9.17, 15) is 22.0 Å². The molecule has 1 heterocycles. The van der Waals surface area contributed by atoms with Crippen molar-refractivity contribution in [3.63, 3.8) is 0 Å². The van der Waals surface area contributed by atoms with Gasteiger partial charge in [-0.1, -0.05) is 0 Å². The van der Waals surface area contributed by atoms with Crippen LogP contribution < -0.4 is 0 Å². The van der Waals surface area contributed by atoms with E-state index in [0.717, 1.165) is 18.2 Å². The molecule has 1 aromatic carbocycles. The monoisotopic (exact) mass is 274 g/mol. The molecule has 0 spiro atoms.